The summed E-state index contributed by atoms with van der Waals surface area (Å²) in [6, 6.07) is 9.33. The maximum Gasteiger partial charge on any atom is 0.290 e. The van der Waals surface area contributed by atoms with Crippen LogP contribution in [0, 0.1) is 5.82 Å². The van der Waals surface area contributed by atoms with Crippen LogP contribution in [0.5, 0.6) is 0 Å². The molecule has 0 aliphatic rings. The van der Waals surface area contributed by atoms with Gasteiger partial charge in [0.05, 0.1) is 6.04 Å². The molecule has 0 saturated heterocycles. The SMILES string of the molecule is CCN(C(=O)c1ccc(Br)o1)C(C)c1ccc(F)cc1. The van der Waals surface area contributed by atoms with Gasteiger partial charge in [0, 0.05) is 6.54 Å². The first kappa shape index (κ1) is 14.8. The van der Waals surface area contributed by atoms with Crippen molar-refractivity contribution in [2.75, 3.05) is 6.54 Å². The normalized spacial score (nSPS) is 12.2. The topological polar surface area (TPSA) is 33.5 Å². The molecule has 1 aromatic carbocycles. The molecule has 106 valence electrons. The van der Waals surface area contributed by atoms with Crippen LogP contribution in [-0.2, 0) is 0 Å². The highest BCUT2D eigenvalue weighted by Crippen LogP contribution is 2.24. The van der Waals surface area contributed by atoms with E-state index < -0.39 is 0 Å². The van der Waals surface area contributed by atoms with Crippen molar-refractivity contribution in [3.8, 4) is 0 Å². The molecule has 0 aliphatic carbocycles. The number of halogens is 2. The van der Waals surface area contributed by atoms with Gasteiger partial charge in [-0.25, -0.2) is 4.39 Å². The highest BCUT2D eigenvalue weighted by atomic mass is 79.9. The number of furan rings is 1. The van der Waals surface area contributed by atoms with E-state index >= 15 is 0 Å². The van der Waals surface area contributed by atoms with Gasteiger partial charge in [0.15, 0.2) is 10.4 Å². The molecule has 0 aliphatic heterocycles. The summed E-state index contributed by atoms with van der Waals surface area (Å²) in [5, 5.41) is 0. The number of rotatable bonds is 4. The zero-order valence-electron chi connectivity index (χ0n) is 11.3. The van der Waals surface area contributed by atoms with Crippen LogP contribution in [0.1, 0.15) is 36.0 Å². The molecule has 0 N–H and O–H groups in total. The first-order valence-electron chi connectivity index (χ1n) is 6.34. The molecule has 0 fully saturated rings. The van der Waals surface area contributed by atoms with Crippen molar-refractivity contribution >= 4 is 21.8 Å². The summed E-state index contributed by atoms with van der Waals surface area (Å²) in [6.45, 7) is 4.35. The Morgan fingerprint density at radius 3 is 2.45 bits per heavy atom. The molecule has 0 saturated carbocycles. The fourth-order valence-corrected chi connectivity index (χ4v) is 2.39. The van der Waals surface area contributed by atoms with Crippen molar-refractivity contribution in [1.82, 2.24) is 4.90 Å². The van der Waals surface area contributed by atoms with Crippen LogP contribution in [0.4, 0.5) is 4.39 Å². The lowest BCUT2D eigenvalue weighted by molar-refractivity contribution is 0.0668. The van der Waals surface area contributed by atoms with Gasteiger partial charge in [0.1, 0.15) is 5.82 Å². The van der Waals surface area contributed by atoms with E-state index in [4.69, 9.17) is 4.42 Å². The number of carbonyl (C=O) groups is 1. The summed E-state index contributed by atoms with van der Waals surface area (Å²) in [5.74, 6) is -0.187. The second-order valence-electron chi connectivity index (χ2n) is 4.42. The fourth-order valence-electron chi connectivity index (χ4n) is 2.09. The van der Waals surface area contributed by atoms with Crippen molar-refractivity contribution < 1.29 is 13.6 Å². The summed E-state index contributed by atoms with van der Waals surface area (Å²) in [4.78, 5) is 14.1. The summed E-state index contributed by atoms with van der Waals surface area (Å²) >= 11 is 3.18. The molecular weight excluding hydrogens is 325 g/mol. The Kier molecular flexibility index (Phi) is 4.60. The van der Waals surface area contributed by atoms with E-state index in [1.807, 2.05) is 13.8 Å². The van der Waals surface area contributed by atoms with E-state index in [9.17, 15) is 9.18 Å². The van der Waals surface area contributed by atoms with Crippen molar-refractivity contribution in [3.63, 3.8) is 0 Å². The van der Waals surface area contributed by atoms with Gasteiger partial charge in [0.2, 0.25) is 0 Å². The van der Waals surface area contributed by atoms with Crippen molar-refractivity contribution in [1.29, 1.82) is 0 Å². The Hall–Kier alpha value is -1.62. The van der Waals surface area contributed by atoms with E-state index in [2.05, 4.69) is 15.9 Å². The predicted molar refractivity (Wildman–Crippen MR) is 77.9 cm³/mol. The highest BCUT2D eigenvalue weighted by Gasteiger charge is 2.23. The zero-order chi connectivity index (χ0) is 14.7. The fraction of sp³-hybridized carbons (Fsp3) is 0.267. The number of nitrogens with zero attached hydrogens (tertiary/aromatic N) is 1. The average Bonchev–Trinajstić information content (AvgIpc) is 2.86. The molecule has 1 atom stereocenters. The van der Waals surface area contributed by atoms with Crippen molar-refractivity contribution in [2.24, 2.45) is 0 Å². The second-order valence-corrected chi connectivity index (χ2v) is 5.20. The van der Waals surface area contributed by atoms with Gasteiger partial charge in [-0.05, 0) is 59.6 Å². The maximum atomic E-state index is 13.0. The smallest absolute Gasteiger partial charge is 0.290 e. The van der Waals surface area contributed by atoms with Gasteiger partial charge in [-0.2, -0.15) is 0 Å². The van der Waals surface area contributed by atoms with Gasteiger partial charge in [-0.1, -0.05) is 12.1 Å². The molecule has 3 nitrogen and oxygen atoms in total. The molecule has 20 heavy (non-hydrogen) atoms. The molecule has 2 rings (SSSR count). The molecule has 1 unspecified atom stereocenters. The van der Waals surface area contributed by atoms with Crippen molar-refractivity contribution in [2.45, 2.75) is 19.9 Å². The van der Waals surface area contributed by atoms with Gasteiger partial charge in [-0.3, -0.25) is 4.79 Å². The summed E-state index contributed by atoms with van der Waals surface area (Å²) in [6.07, 6.45) is 0. The van der Waals surface area contributed by atoms with E-state index in [0.717, 1.165) is 5.56 Å². The van der Waals surface area contributed by atoms with E-state index in [1.165, 1.54) is 12.1 Å². The second kappa shape index (κ2) is 6.22. The van der Waals surface area contributed by atoms with Crippen LogP contribution < -0.4 is 0 Å². The Balaban J connectivity index is 2.23. The predicted octanol–water partition coefficient (Wildman–Crippen LogP) is 4.40. The molecular formula is C15H15BrFNO2. The summed E-state index contributed by atoms with van der Waals surface area (Å²) in [5.41, 5.74) is 0.882. The Bertz CT molecular complexity index is 594. The third-order valence-corrected chi connectivity index (χ3v) is 3.63. The maximum absolute atomic E-state index is 13.0. The Labute approximate surface area is 125 Å². The molecule has 0 spiro atoms. The quantitative estimate of drug-likeness (QED) is 0.826. The Morgan fingerprint density at radius 1 is 1.30 bits per heavy atom. The first-order valence-corrected chi connectivity index (χ1v) is 7.14. The third kappa shape index (κ3) is 3.10. The lowest BCUT2D eigenvalue weighted by Crippen LogP contribution is -2.33. The summed E-state index contributed by atoms with van der Waals surface area (Å²) in [7, 11) is 0. The van der Waals surface area contributed by atoms with Crippen molar-refractivity contribution in [3.05, 3.63) is 58.2 Å². The number of benzene rings is 1. The molecule has 1 amide bonds. The van der Waals surface area contributed by atoms with Crippen LogP contribution in [0.3, 0.4) is 0 Å². The lowest BCUT2D eigenvalue weighted by Gasteiger charge is -2.27. The zero-order valence-corrected chi connectivity index (χ0v) is 12.9. The summed E-state index contributed by atoms with van der Waals surface area (Å²) < 4.78 is 18.8. The average molecular weight is 340 g/mol. The minimum absolute atomic E-state index is 0.156. The number of hydrogen-bond acceptors (Lipinski definition) is 2. The lowest BCUT2D eigenvalue weighted by atomic mass is 10.1. The van der Waals surface area contributed by atoms with Gasteiger partial charge in [-0.15, -0.1) is 0 Å². The molecule has 0 radical (unpaired) electrons. The van der Waals surface area contributed by atoms with Gasteiger partial charge in [0.25, 0.3) is 5.91 Å². The van der Waals surface area contributed by atoms with E-state index in [-0.39, 0.29) is 23.5 Å². The van der Waals surface area contributed by atoms with E-state index in [1.54, 1.807) is 29.2 Å². The van der Waals surface area contributed by atoms with E-state index in [0.29, 0.717) is 11.2 Å². The van der Waals surface area contributed by atoms with Crippen LogP contribution in [0.25, 0.3) is 0 Å². The van der Waals surface area contributed by atoms with Crippen LogP contribution in [0.2, 0.25) is 0 Å². The minimum Gasteiger partial charge on any atom is -0.444 e. The number of hydrogen-bond donors (Lipinski definition) is 0. The number of amides is 1. The molecule has 1 heterocycles. The van der Waals surface area contributed by atoms with Crippen LogP contribution in [0.15, 0.2) is 45.5 Å². The largest absolute Gasteiger partial charge is 0.444 e. The standard InChI is InChI=1S/C15H15BrFNO2/c1-3-18(15(19)13-8-9-14(16)20-13)10(2)11-4-6-12(17)7-5-11/h4-10H,3H2,1-2H3. The molecule has 1 aromatic heterocycles. The highest BCUT2D eigenvalue weighted by molar-refractivity contribution is 9.10. The van der Waals surface area contributed by atoms with Crippen LogP contribution >= 0.6 is 15.9 Å². The van der Waals surface area contributed by atoms with Crippen LogP contribution in [-0.4, -0.2) is 17.4 Å². The molecule has 2 aromatic rings. The minimum atomic E-state index is -0.287. The monoisotopic (exact) mass is 339 g/mol. The van der Waals surface area contributed by atoms with Gasteiger partial charge < -0.3 is 9.32 Å². The number of carbonyl (C=O) groups excluding carboxylic acids is 1. The molecule has 0 bridgehead atoms. The van der Waals surface area contributed by atoms with Gasteiger partial charge >= 0.3 is 0 Å². The Morgan fingerprint density at radius 2 is 1.95 bits per heavy atom. The first-order chi connectivity index (χ1) is 9.52. The third-order valence-electron chi connectivity index (χ3n) is 3.21. The molecule has 5 heteroatoms.